The molecular weight excluding hydrogens is 546 g/mol. The van der Waals surface area contributed by atoms with E-state index in [1.165, 1.54) is 0 Å². The van der Waals surface area contributed by atoms with Crippen molar-refractivity contribution in [3.8, 4) is 11.5 Å². The summed E-state index contributed by atoms with van der Waals surface area (Å²) in [6, 6.07) is 43.7. The Kier molecular flexibility index (Phi) is 6.98. The highest BCUT2D eigenvalue weighted by Crippen LogP contribution is 2.44. The Morgan fingerprint density at radius 3 is 0.977 bits per heavy atom. The molecule has 0 amide bonds. The van der Waals surface area contributed by atoms with E-state index >= 15 is 0 Å². The number of ether oxygens (including phenoxy) is 1. The van der Waals surface area contributed by atoms with E-state index in [-0.39, 0.29) is 0 Å². The Morgan fingerprint density at radius 2 is 0.636 bits per heavy atom. The third kappa shape index (κ3) is 6.14. The summed E-state index contributed by atoms with van der Waals surface area (Å²) in [6.07, 6.45) is 0. The number of hydrogen-bond acceptors (Lipinski definition) is 8. The maximum absolute atomic E-state index is 6.34. The second-order valence-electron chi connectivity index (χ2n) is 10.5. The molecule has 8 heteroatoms. The second kappa shape index (κ2) is 11.5. The van der Waals surface area contributed by atoms with E-state index in [1.807, 2.05) is 133 Å². The van der Waals surface area contributed by atoms with Crippen LogP contribution in [0.4, 0.5) is 68.2 Å². The normalized spacial score (nSPS) is 11.3. The largest absolute Gasteiger partial charge is 0.453 e. The SMILES string of the molecule is Nc1ccc(Nc2ccc(Nc3ccc4c(c3)Oc3cc(Nc5ccc(Nc6ccc(N)cc6)cc5)ccc3N4)cc2)cc1. The van der Waals surface area contributed by atoms with E-state index < -0.39 is 0 Å². The zero-order valence-electron chi connectivity index (χ0n) is 23.8. The van der Waals surface area contributed by atoms with Crippen LogP contribution in [0.1, 0.15) is 0 Å². The molecule has 0 radical (unpaired) electrons. The summed E-state index contributed by atoms with van der Waals surface area (Å²) in [5.74, 6) is 1.50. The molecule has 216 valence electrons. The van der Waals surface area contributed by atoms with Gasteiger partial charge in [-0.1, -0.05) is 0 Å². The fourth-order valence-corrected chi connectivity index (χ4v) is 4.91. The minimum Gasteiger partial charge on any atom is -0.453 e. The molecule has 0 spiro atoms. The van der Waals surface area contributed by atoms with Gasteiger partial charge in [-0.05, 0) is 121 Å². The van der Waals surface area contributed by atoms with Crippen molar-refractivity contribution < 1.29 is 4.74 Å². The third-order valence-electron chi connectivity index (χ3n) is 7.20. The Hall–Kier alpha value is -6.28. The zero-order valence-corrected chi connectivity index (χ0v) is 23.8. The van der Waals surface area contributed by atoms with Gasteiger partial charge < -0.3 is 42.8 Å². The van der Waals surface area contributed by atoms with Gasteiger partial charge in [0.05, 0.1) is 11.4 Å². The van der Waals surface area contributed by atoms with E-state index in [0.29, 0.717) is 0 Å². The summed E-state index contributed by atoms with van der Waals surface area (Å²) >= 11 is 0. The molecule has 0 fully saturated rings. The van der Waals surface area contributed by atoms with Crippen LogP contribution in [0.2, 0.25) is 0 Å². The second-order valence-corrected chi connectivity index (χ2v) is 10.5. The standard InChI is InChI=1S/C36H31N7O/c37-23-1-5-25(6-2-23)39-27-9-13-29(14-10-27)41-31-17-19-33-35(21-31)44-36-22-32(18-20-34(36)43-33)42-30-15-11-28(12-16-30)40-26-7-3-24(38)4-8-26/h1-22,39-43H,37-38H2. The smallest absolute Gasteiger partial charge is 0.153 e. The molecule has 0 saturated carbocycles. The van der Waals surface area contributed by atoms with Crippen LogP contribution in [0, 0.1) is 0 Å². The van der Waals surface area contributed by atoms with Crippen LogP contribution in [0.5, 0.6) is 11.5 Å². The van der Waals surface area contributed by atoms with E-state index in [2.05, 4.69) is 26.6 Å². The van der Waals surface area contributed by atoms with Crippen LogP contribution >= 0.6 is 0 Å². The van der Waals surface area contributed by atoms with Gasteiger partial charge >= 0.3 is 0 Å². The molecule has 6 aromatic carbocycles. The van der Waals surface area contributed by atoms with E-state index in [1.54, 1.807) is 0 Å². The first-order valence-electron chi connectivity index (χ1n) is 14.2. The van der Waals surface area contributed by atoms with Gasteiger partial charge in [0.15, 0.2) is 11.5 Å². The zero-order chi connectivity index (χ0) is 29.9. The number of nitrogens with two attached hydrogens (primary N) is 2. The average molecular weight is 578 g/mol. The number of nitrogens with one attached hydrogen (secondary N) is 5. The highest BCUT2D eigenvalue weighted by Gasteiger charge is 2.17. The van der Waals surface area contributed by atoms with Gasteiger partial charge in [-0.2, -0.15) is 0 Å². The summed E-state index contributed by atoms with van der Waals surface area (Å²) in [7, 11) is 0. The van der Waals surface area contributed by atoms with Crippen molar-refractivity contribution in [3.63, 3.8) is 0 Å². The quantitative estimate of drug-likeness (QED) is 0.0891. The highest BCUT2D eigenvalue weighted by molar-refractivity contribution is 5.81. The summed E-state index contributed by atoms with van der Waals surface area (Å²) in [4.78, 5) is 0. The topological polar surface area (TPSA) is 121 Å². The van der Waals surface area contributed by atoms with E-state index in [0.717, 1.165) is 79.7 Å². The molecule has 9 N–H and O–H groups in total. The molecule has 8 nitrogen and oxygen atoms in total. The van der Waals surface area contributed by atoms with Crippen molar-refractivity contribution in [2.45, 2.75) is 0 Å². The fourth-order valence-electron chi connectivity index (χ4n) is 4.91. The van der Waals surface area contributed by atoms with Gasteiger partial charge in [-0.15, -0.1) is 0 Å². The van der Waals surface area contributed by atoms with Crippen molar-refractivity contribution in [3.05, 3.63) is 133 Å². The van der Waals surface area contributed by atoms with Crippen molar-refractivity contribution in [2.24, 2.45) is 0 Å². The first-order chi connectivity index (χ1) is 21.5. The molecule has 1 aliphatic heterocycles. The van der Waals surface area contributed by atoms with Crippen molar-refractivity contribution >= 4 is 68.2 Å². The first-order valence-corrected chi connectivity index (χ1v) is 14.2. The molecular formula is C36H31N7O. The van der Waals surface area contributed by atoms with Crippen LogP contribution in [0.15, 0.2) is 133 Å². The molecule has 1 aliphatic rings. The lowest BCUT2D eigenvalue weighted by Crippen LogP contribution is -2.04. The van der Waals surface area contributed by atoms with Crippen molar-refractivity contribution in [2.75, 3.05) is 38.1 Å². The summed E-state index contributed by atoms with van der Waals surface area (Å²) in [6.45, 7) is 0. The monoisotopic (exact) mass is 577 g/mol. The van der Waals surface area contributed by atoms with Crippen LogP contribution in [0.25, 0.3) is 0 Å². The van der Waals surface area contributed by atoms with Crippen LogP contribution in [0.3, 0.4) is 0 Å². The van der Waals surface area contributed by atoms with Gasteiger partial charge in [0, 0.05) is 69.0 Å². The van der Waals surface area contributed by atoms with Gasteiger partial charge in [0.2, 0.25) is 0 Å². The van der Waals surface area contributed by atoms with Gasteiger partial charge in [0.25, 0.3) is 0 Å². The van der Waals surface area contributed by atoms with Crippen LogP contribution in [-0.2, 0) is 0 Å². The number of benzene rings is 6. The first kappa shape index (κ1) is 26.6. The summed E-state index contributed by atoms with van der Waals surface area (Å²) < 4.78 is 6.34. The molecule has 7 rings (SSSR count). The Labute approximate surface area is 255 Å². The minimum atomic E-state index is 0.741. The van der Waals surface area contributed by atoms with Crippen LogP contribution in [-0.4, -0.2) is 0 Å². The molecule has 1 heterocycles. The average Bonchev–Trinajstić information content (AvgIpc) is 3.04. The van der Waals surface area contributed by atoms with Crippen LogP contribution < -0.4 is 42.8 Å². The molecule has 0 saturated heterocycles. The van der Waals surface area contributed by atoms with Gasteiger partial charge in [0.1, 0.15) is 0 Å². The van der Waals surface area contributed by atoms with Crippen molar-refractivity contribution in [1.29, 1.82) is 0 Å². The minimum absolute atomic E-state index is 0.741. The number of hydrogen-bond donors (Lipinski definition) is 7. The highest BCUT2D eigenvalue weighted by atomic mass is 16.5. The molecule has 0 bridgehead atoms. The lowest BCUT2D eigenvalue weighted by atomic mass is 10.1. The molecule has 0 unspecified atom stereocenters. The third-order valence-corrected chi connectivity index (χ3v) is 7.20. The predicted octanol–water partition coefficient (Wildman–Crippen LogP) is 9.67. The summed E-state index contributed by atoms with van der Waals surface area (Å²) in [5.41, 5.74) is 22.6. The van der Waals surface area contributed by atoms with E-state index in [4.69, 9.17) is 16.2 Å². The molecule has 0 atom stereocenters. The van der Waals surface area contributed by atoms with E-state index in [9.17, 15) is 0 Å². The molecule has 44 heavy (non-hydrogen) atoms. The Bertz CT molecular complexity index is 1760. The molecule has 0 aliphatic carbocycles. The summed E-state index contributed by atoms with van der Waals surface area (Å²) in [5, 5.41) is 17.2. The van der Waals surface area contributed by atoms with Gasteiger partial charge in [-0.3, -0.25) is 0 Å². The number of fused-ring (bicyclic) bond motifs is 2. The Balaban J connectivity index is 0.992. The predicted molar refractivity (Wildman–Crippen MR) is 184 cm³/mol. The molecule has 6 aromatic rings. The van der Waals surface area contributed by atoms with Crippen molar-refractivity contribution in [1.82, 2.24) is 0 Å². The molecule has 0 aromatic heterocycles. The number of nitrogen functional groups attached to an aromatic ring is 2. The lowest BCUT2D eigenvalue weighted by Gasteiger charge is -2.23. The maximum atomic E-state index is 6.34. The maximum Gasteiger partial charge on any atom is 0.153 e. The lowest BCUT2D eigenvalue weighted by molar-refractivity contribution is 0.481. The fraction of sp³-hybridized carbons (Fsp3) is 0. The number of rotatable bonds is 8. The van der Waals surface area contributed by atoms with Gasteiger partial charge in [-0.25, -0.2) is 0 Å². The Morgan fingerprint density at radius 1 is 0.364 bits per heavy atom. The number of anilines is 12.